The Hall–Kier alpha value is -3.48. The molecule has 1 fully saturated rings. The topological polar surface area (TPSA) is 138 Å². The first-order chi connectivity index (χ1) is 21.4. The van der Waals surface area contributed by atoms with Crippen molar-refractivity contribution in [1.29, 1.82) is 0 Å². The zero-order chi connectivity index (χ0) is 32.2. The van der Waals surface area contributed by atoms with Crippen LogP contribution >= 0.6 is 11.6 Å². The van der Waals surface area contributed by atoms with Crippen molar-refractivity contribution >= 4 is 45.0 Å². The zero-order valence-corrected chi connectivity index (χ0v) is 27.8. The Morgan fingerprint density at radius 2 is 1.87 bits per heavy atom. The first-order valence-electron chi connectivity index (χ1n) is 15.5. The molecular formula is C32H42ClN7O4S. The number of sulfonamides is 1. The number of hydrogen-bond donors (Lipinski definition) is 3. The van der Waals surface area contributed by atoms with Crippen molar-refractivity contribution in [2.45, 2.75) is 82.3 Å². The second-order valence-electron chi connectivity index (χ2n) is 12.5. The third-order valence-electron chi connectivity index (χ3n) is 7.99. The largest absolute Gasteiger partial charge is 0.459 e. The number of fused-ring (bicyclic) bond motifs is 1. The first kappa shape index (κ1) is 32.9. The quantitative estimate of drug-likeness (QED) is 0.258. The number of nitrogens with zero attached hydrogens (tertiary/aromatic N) is 4. The Kier molecular flexibility index (Phi) is 10.1. The molecular weight excluding hydrogens is 614 g/mol. The number of esters is 1. The molecule has 0 spiro atoms. The molecule has 13 heteroatoms. The van der Waals surface area contributed by atoms with Crippen molar-refractivity contribution in [3.63, 3.8) is 0 Å². The van der Waals surface area contributed by atoms with Crippen LogP contribution in [0.25, 0.3) is 0 Å². The Bertz CT molecular complexity index is 1600. The lowest BCUT2D eigenvalue weighted by atomic mass is 9.92. The van der Waals surface area contributed by atoms with E-state index in [2.05, 4.69) is 42.4 Å². The van der Waals surface area contributed by atoms with Gasteiger partial charge in [0.2, 0.25) is 10.0 Å². The van der Waals surface area contributed by atoms with Crippen LogP contribution in [0.1, 0.15) is 69.7 Å². The molecule has 5 rings (SSSR count). The molecule has 2 aromatic heterocycles. The summed E-state index contributed by atoms with van der Waals surface area (Å²) in [6.45, 7) is 9.76. The van der Waals surface area contributed by atoms with Crippen molar-refractivity contribution in [1.82, 2.24) is 19.7 Å². The molecule has 45 heavy (non-hydrogen) atoms. The van der Waals surface area contributed by atoms with E-state index >= 15 is 0 Å². The summed E-state index contributed by atoms with van der Waals surface area (Å²) in [5.74, 6) is 2.09. The molecule has 11 nitrogen and oxygen atoms in total. The van der Waals surface area contributed by atoms with E-state index in [0.29, 0.717) is 23.2 Å². The third-order valence-corrected chi connectivity index (χ3v) is 9.73. The fourth-order valence-corrected chi connectivity index (χ4v) is 7.04. The van der Waals surface area contributed by atoms with Crippen LogP contribution in [0.15, 0.2) is 47.6 Å². The minimum Gasteiger partial charge on any atom is -0.459 e. The summed E-state index contributed by atoms with van der Waals surface area (Å²) in [7, 11) is -4.06. The van der Waals surface area contributed by atoms with Crippen molar-refractivity contribution in [2.75, 3.05) is 41.7 Å². The molecule has 2 aliphatic heterocycles. The highest BCUT2D eigenvalue weighted by Gasteiger charge is 2.31. The zero-order valence-electron chi connectivity index (χ0n) is 26.3. The van der Waals surface area contributed by atoms with Gasteiger partial charge in [-0.25, -0.2) is 23.4 Å². The monoisotopic (exact) mass is 655 g/mol. The number of ether oxygens (including phenoxy) is 1. The van der Waals surface area contributed by atoms with Crippen LogP contribution in [0, 0.1) is 0 Å². The molecule has 1 aromatic carbocycles. The molecule has 0 radical (unpaired) electrons. The van der Waals surface area contributed by atoms with Gasteiger partial charge in [-0.05, 0) is 88.8 Å². The number of piperidine rings is 1. The van der Waals surface area contributed by atoms with Gasteiger partial charge in [-0.2, -0.15) is 4.72 Å². The summed E-state index contributed by atoms with van der Waals surface area (Å²) in [6, 6.07) is 8.91. The van der Waals surface area contributed by atoms with Gasteiger partial charge in [0.1, 0.15) is 35.4 Å². The van der Waals surface area contributed by atoms with E-state index in [0.717, 1.165) is 68.2 Å². The van der Waals surface area contributed by atoms with Crippen LogP contribution in [-0.2, 0) is 32.4 Å². The summed E-state index contributed by atoms with van der Waals surface area (Å²) in [5.41, 5.74) is 2.52. The number of anilines is 3. The first-order valence-corrected chi connectivity index (χ1v) is 17.4. The van der Waals surface area contributed by atoms with Crippen molar-refractivity contribution in [3.05, 3.63) is 64.6 Å². The predicted molar refractivity (Wildman–Crippen MR) is 177 cm³/mol. The van der Waals surface area contributed by atoms with E-state index in [9.17, 15) is 13.2 Å². The minimum absolute atomic E-state index is 0.00992. The number of aromatic nitrogens is 3. The molecule has 1 atom stereocenters. The van der Waals surface area contributed by atoms with Crippen molar-refractivity contribution in [3.8, 4) is 0 Å². The lowest BCUT2D eigenvalue weighted by Crippen LogP contribution is -2.48. The molecule has 0 saturated carbocycles. The highest BCUT2D eigenvalue weighted by Crippen LogP contribution is 2.33. The van der Waals surface area contributed by atoms with E-state index in [1.807, 2.05) is 6.92 Å². The Morgan fingerprint density at radius 1 is 1.13 bits per heavy atom. The number of hydrogen-bond acceptors (Lipinski definition) is 10. The van der Waals surface area contributed by atoms with Crippen LogP contribution in [-0.4, -0.2) is 67.2 Å². The fourth-order valence-electron chi connectivity index (χ4n) is 5.73. The highest BCUT2D eigenvalue weighted by molar-refractivity contribution is 7.89. The van der Waals surface area contributed by atoms with Crippen molar-refractivity contribution in [2.24, 2.45) is 0 Å². The normalized spacial score (nSPS) is 16.4. The highest BCUT2D eigenvalue weighted by atomic mass is 35.5. The van der Waals surface area contributed by atoms with Gasteiger partial charge in [0.25, 0.3) is 0 Å². The molecule has 0 aliphatic carbocycles. The van der Waals surface area contributed by atoms with Crippen LogP contribution in [0.3, 0.4) is 0 Å². The summed E-state index contributed by atoms with van der Waals surface area (Å²) in [5, 5.41) is 7.06. The van der Waals surface area contributed by atoms with E-state index in [-0.39, 0.29) is 11.4 Å². The average molecular weight is 656 g/mol. The lowest BCUT2D eigenvalue weighted by Gasteiger charge is -2.34. The smallest absolute Gasteiger partial charge is 0.326 e. The Labute approximate surface area is 270 Å². The van der Waals surface area contributed by atoms with E-state index in [1.54, 1.807) is 20.8 Å². The van der Waals surface area contributed by atoms with Crippen molar-refractivity contribution < 1.29 is 17.9 Å². The van der Waals surface area contributed by atoms with Crippen LogP contribution in [0.2, 0.25) is 5.02 Å². The number of pyridine rings is 1. The SMILES string of the molecule is CCc1c(NC[C@H](NS(=O)(=O)c2ccc(Cl)cc2)C(=O)OC(C)(C)C)ncnc1N1CCC(c2ccc3c(n2)NCCC3)CC1. The minimum atomic E-state index is -4.06. The molecule has 0 bridgehead atoms. The molecule has 1 saturated heterocycles. The third kappa shape index (κ3) is 8.22. The second kappa shape index (κ2) is 13.9. The number of halogens is 1. The summed E-state index contributed by atoms with van der Waals surface area (Å²) in [6.07, 6.45) is 6.27. The number of nitrogens with one attached hydrogen (secondary N) is 3. The number of aryl methyl sites for hydroxylation is 1. The van der Waals surface area contributed by atoms with Gasteiger partial charge < -0.3 is 20.3 Å². The van der Waals surface area contributed by atoms with Crippen LogP contribution in [0.5, 0.6) is 0 Å². The Morgan fingerprint density at radius 3 is 2.56 bits per heavy atom. The average Bonchev–Trinajstić information content (AvgIpc) is 3.02. The standard InChI is InChI=1S/C32H42ClN7O4S/c1-5-25-29(35-19-27(31(41)44-32(2,3)4)39-45(42,43)24-11-9-23(33)10-12-24)36-20-37-30(25)40-17-14-21(15-18-40)26-13-8-22-7-6-16-34-28(22)38-26/h8-13,20-21,27,39H,5-7,14-19H2,1-4H3,(H,34,38)(H,35,36,37)/t27-/m0/s1. The molecule has 3 N–H and O–H groups in total. The maximum absolute atomic E-state index is 13.2. The molecule has 242 valence electrons. The summed E-state index contributed by atoms with van der Waals surface area (Å²) < 4.78 is 34.4. The van der Waals surface area contributed by atoms with E-state index in [4.69, 9.17) is 21.3 Å². The molecule has 0 unspecified atom stereocenters. The molecule has 0 amide bonds. The van der Waals surface area contributed by atoms with Crippen LogP contribution < -0.4 is 20.3 Å². The van der Waals surface area contributed by atoms with E-state index < -0.39 is 27.6 Å². The van der Waals surface area contributed by atoms with Gasteiger partial charge >= 0.3 is 5.97 Å². The number of carbonyl (C=O) groups excluding carboxylic acids is 1. The predicted octanol–water partition coefficient (Wildman–Crippen LogP) is 4.93. The number of rotatable bonds is 10. The molecule has 2 aliphatic rings. The van der Waals surface area contributed by atoms with E-state index in [1.165, 1.54) is 36.2 Å². The fraction of sp³-hybridized carbons (Fsp3) is 0.500. The number of carbonyl (C=O) groups is 1. The van der Waals surface area contributed by atoms with Gasteiger partial charge in [0, 0.05) is 48.4 Å². The van der Waals surface area contributed by atoms with Gasteiger partial charge in [0.15, 0.2) is 0 Å². The maximum Gasteiger partial charge on any atom is 0.326 e. The summed E-state index contributed by atoms with van der Waals surface area (Å²) >= 11 is 5.94. The van der Waals surface area contributed by atoms with Gasteiger partial charge in [0.05, 0.1) is 4.90 Å². The Balaban J connectivity index is 1.29. The second-order valence-corrected chi connectivity index (χ2v) is 14.6. The van der Waals surface area contributed by atoms with Crippen LogP contribution in [0.4, 0.5) is 17.5 Å². The lowest BCUT2D eigenvalue weighted by molar-refractivity contribution is -0.156. The maximum atomic E-state index is 13.2. The molecule has 3 aromatic rings. The number of benzene rings is 1. The van der Waals surface area contributed by atoms with Gasteiger partial charge in [-0.3, -0.25) is 4.79 Å². The van der Waals surface area contributed by atoms with Gasteiger partial charge in [-0.1, -0.05) is 24.6 Å². The van der Waals surface area contributed by atoms with Gasteiger partial charge in [-0.15, -0.1) is 0 Å². The summed E-state index contributed by atoms with van der Waals surface area (Å²) in [4.78, 5) is 29.5. The molecule has 4 heterocycles.